The smallest absolute Gasteiger partial charge is 0.229 e. The summed E-state index contributed by atoms with van der Waals surface area (Å²) < 4.78 is 0. The van der Waals surface area contributed by atoms with Gasteiger partial charge in [-0.25, -0.2) is 4.98 Å². The van der Waals surface area contributed by atoms with Gasteiger partial charge in [0.1, 0.15) is 5.82 Å². The molecule has 2 aromatic carbocycles. The molecule has 0 amide bonds. The summed E-state index contributed by atoms with van der Waals surface area (Å²) in [6.45, 7) is 2.07. The van der Waals surface area contributed by atoms with Crippen LogP contribution in [0.5, 0.6) is 0 Å². The first kappa shape index (κ1) is 16.5. The van der Waals surface area contributed by atoms with Gasteiger partial charge in [-0.15, -0.1) is 0 Å². The minimum absolute atomic E-state index is 0.0494. The highest BCUT2D eigenvalue weighted by molar-refractivity contribution is 6.30. The topological polar surface area (TPSA) is 70.1 Å². The quantitative estimate of drug-likeness (QED) is 0.626. The van der Waals surface area contributed by atoms with Gasteiger partial charge in [0.25, 0.3) is 0 Å². The number of rotatable bonds is 6. The Morgan fingerprint density at radius 1 is 1.08 bits per heavy atom. The van der Waals surface area contributed by atoms with E-state index in [0.29, 0.717) is 16.8 Å². The molecule has 24 heavy (non-hydrogen) atoms. The van der Waals surface area contributed by atoms with E-state index in [4.69, 9.17) is 11.6 Å². The van der Waals surface area contributed by atoms with Gasteiger partial charge in [-0.3, -0.25) is 0 Å². The Morgan fingerprint density at radius 3 is 2.54 bits per heavy atom. The number of hydrogen-bond donors (Lipinski definition) is 3. The van der Waals surface area contributed by atoms with Gasteiger partial charge in [-0.2, -0.15) is 4.98 Å². The first-order valence-electron chi connectivity index (χ1n) is 7.86. The zero-order valence-electron chi connectivity index (χ0n) is 13.3. The number of aliphatic hydroxyl groups is 1. The molecule has 0 aliphatic rings. The lowest BCUT2D eigenvalue weighted by atomic mass is 10.2. The van der Waals surface area contributed by atoms with Crippen LogP contribution < -0.4 is 10.6 Å². The average Bonchev–Trinajstić information content (AvgIpc) is 2.61. The van der Waals surface area contributed by atoms with Gasteiger partial charge in [0.05, 0.1) is 18.2 Å². The summed E-state index contributed by atoms with van der Waals surface area (Å²) in [5.74, 6) is 1.20. The van der Waals surface area contributed by atoms with Crippen molar-refractivity contribution in [1.82, 2.24) is 9.97 Å². The molecule has 3 rings (SSSR count). The van der Waals surface area contributed by atoms with Crippen molar-refractivity contribution in [2.75, 3.05) is 17.2 Å². The van der Waals surface area contributed by atoms with Crippen molar-refractivity contribution in [2.24, 2.45) is 0 Å². The van der Waals surface area contributed by atoms with Crippen molar-refractivity contribution < 1.29 is 5.11 Å². The highest BCUT2D eigenvalue weighted by Crippen LogP contribution is 2.25. The van der Waals surface area contributed by atoms with E-state index in [1.807, 2.05) is 55.5 Å². The van der Waals surface area contributed by atoms with Gasteiger partial charge in [0, 0.05) is 16.1 Å². The zero-order valence-corrected chi connectivity index (χ0v) is 14.1. The molecule has 1 aromatic heterocycles. The molecule has 5 nitrogen and oxygen atoms in total. The normalized spacial score (nSPS) is 12.1. The number of nitrogens with zero attached hydrogens (tertiary/aromatic N) is 2. The van der Waals surface area contributed by atoms with Crippen LogP contribution in [-0.2, 0) is 0 Å². The fraction of sp³-hybridized carbons (Fsp3) is 0.222. The Morgan fingerprint density at radius 2 is 1.83 bits per heavy atom. The van der Waals surface area contributed by atoms with Gasteiger partial charge >= 0.3 is 0 Å². The number of aromatic nitrogens is 2. The predicted molar refractivity (Wildman–Crippen MR) is 99.1 cm³/mol. The van der Waals surface area contributed by atoms with Gasteiger partial charge < -0.3 is 15.7 Å². The predicted octanol–water partition coefficient (Wildman–Crippen LogP) is 4.21. The van der Waals surface area contributed by atoms with E-state index in [9.17, 15) is 5.11 Å². The zero-order chi connectivity index (χ0) is 16.9. The second-order valence-electron chi connectivity index (χ2n) is 5.48. The maximum Gasteiger partial charge on any atom is 0.229 e. The van der Waals surface area contributed by atoms with Crippen LogP contribution >= 0.6 is 11.6 Å². The number of aliphatic hydroxyl groups excluding tert-OH is 1. The van der Waals surface area contributed by atoms with E-state index in [1.165, 1.54) is 0 Å². The molecule has 0 bridgehead atoms. The molecule has 0 radical (unpaired) electrons. The average molecular weight is 343 g/mol. The van der Waals surface area contributed by atoms with Crippen LogP contribution in [0, 0.1) is 0 Å². The monoisotopic (exact) mass is 342 g/mol. The second-order valence-corrected chi connectivity index (χ2v) is 5.91. The number of para-hydroxylation sites is 1. The lowest BCUT2D eigenvalue weighted by Crippen LogP contribution is -2.23. The van der Waals surface area contributed by atoms with E-state index in [0.717, 1.165) is 23.0 Å². The SMILES string of the molecule is CCC(CO)Nc1nc(Nc2ccc(Cl)cc2)nc2ccccc12. The van der Waals surface area contributed by atoms with Crippen LogP contribution in [0.4, 0.5) is 17.5 Å². The number of benzene rings is 2. The molecule has 3 N–H and O–H groups in total. The van der Waals surface area contributed by atoms with Crippen molar-refractivity contribution in [2.45, 2.75) is 19.4 Å². The summed E-state index contributed by atoms with van der Waals surface area (Å²) in [5, 5.41) is 17.5. The van der Waals surface area contributed by atoms with Crippen LogP contribution in [0.25, 0.3) is 10.9 Å². The molecule has 0 spiro atoms. The van der Waals surface area contributed by atoms with Crippen molar-refractivity contribution in [3.63, 3.8) is 0 Å². The number of fused-ring (bicyclic) bond motifs is 1. The van der Waals surface area contributed by atoms with E-state index in [-0.39, 0.29) is 12.6 Å². The van der Waals surface area contributed by atoms with Gasteiger partial charge in [0.15, 0.2) is 0 Å². The third-order valence-electron chi connectivity index (χ3n) is 3.76. The van der Waals surface area contributed by atoms with Crippen LogP contribution in [0.1, 0.15) is 13.3 Å². The van der Waals surface area contributed by atoms with Crippen molar-refractivity contribution in [1.29, 1.82) is 0 Å². The third-order valence-corrected chi connectivity index (χ3v) is 4.01. The lowest BCUT2D eigenvalue weighted by Gasteiger charge is -2.17. The number of nitrogens with one attached hydrogen (secondary N) is 2. The van der Waals surface area contributed by atoms with Gasteiger partial charge in [0.2, 0.25) is 5.95 Å². The Hall–Kier alpha value is -2.37. The summed E-state index contributed by atoms with van der Waals surface area (Å²) in [5.41, 5.74) is 1.69. The Balaban J connectivity index is 1.97. The van der Waals surface area contributed by atoms with E-state index in [1.54, 1.807) is 0 Å². The molecule has 6 heteroatoms. The summed E-state index contributed by atoms with van der Waals surface area (Å²) in [6.07, 6.45) is 0.800. The molecule has 0 aliphatic heterocycles. The largest absolute Gasteiger partial charge is 0.394 e. The fourth-order valence-electron chi connectivity index (χ4n) is 2.38. The molecule has 1 atom stereocenters. The molecule has 0 saturated carbocycles. The molecular formula is C18H19ClN4O. The third kappa shape index (κ3) is 3.75. The first-order chi connectivity index (χ1) is 11.7. The Bertz CT molecular complexity index is 819. The minimum Gasteiger partial charge on any atom is -0.394 e. The van der Waals surface area contributed by atoms with E-state index < -0.39 is 0 Å². The van der Waals surface area contributed by atoms with Crippen LogP contribution in [0.3, 0.4) is 0 Å². The standard InChI is InChI=1S/C18H19ClN4O/c1-2-13(11-24)20-17-15-5-3-4-6-16(15)22-18(23-17)21-14-9-7-12(19)8-10-14/h3-10,13,24H,2,11H2,1H3,(H2,20,21,22,23). The Labute approximate surface area is 145 Å². The lowest BCUT2D eigenvalue weighted by molar-refractivity contribution is 0.271. The molecule has 0 saturated heterocycles. The molecular weight excluding hydrogens is 324 g/mol. The number of hydrogen-bond acceptors (Lipinski definition) is 5. The van der Waals surface area contributed by atoms with Crippen molar-refractivity contribution >= 4 is 40.0 Å². The van der Waals surface area contributed by atoms with E-state index >= 15 is 0 Å². The molecule has 1 unspecified atom stereocenters. The first-order valence-corrected chi connectivity index (χ1v) is 8.24. The summed E-state index contributed by atoms with van der Waals surface area (Å²) >= 11 is 5.91. The van der Waals surface area contributed by atoms with Crippen LogP contribution in [0.15, 0.2) is 48.5 Å². The van der Waals surface area contributed by atoms with Crippen LogP contribution in [-0.4, -0.2) is 27.7 Å². The maximum absolute atomic E-state index is 9.46. The molecule has 0 aliphatic carbocycles. The highest BCUT2D eigenvalue weighted by atomic mass is 35.5. The van der Waals surface area contributed by atoms with E-state index in [2.05, 4.69) is 20.6 Å². The minimum atomic E-state index is -0.0494. The Kier molecular flexibility index (Phi) is 5.13. The summed E-state index contributed by atoms with van der Waals surface area (Å²) in [7, 11) is 0. The molecule has 124 valence electrons. The maximum atomic E-state index is 9.46. The van der Waals surface area contributed by atoms with Gasteiger partial charge in [-0.1, -0.05) is 30.7 Å². The fourth-order valence-corrected chi connectivity index (χ4v) is 2.50. The summed E-state index contributed by atoms with van der Waals surface area (Å²) in [4.78, 5) is 9.13. The molecule has 1 heterocycles. The van der Waals surface area contributed by atoms with Gasteiger partial charge in [-0.05, 0) is 42.8 Å². The molecule has 3 aromatic rings. The second kappa shape index (κ2) is 7.47. The number of halogens is 1. The van der Waals surface area contributed by atoms with Crippen molar-refractivity contribution in [3.8, 4) is 0 Å². The van der Waals surface area contributed by atoms with Crippen LogP contribution in [0.2, 0.25) is 5.02 Å². The summed E-state index contributed by atoms with van der Waals surface area (Å²) in [6, 6.07) is 15.1. The number of anilines is 3. The highest BCUT2D eigenvalue weighted by Gasteiger charge is 2.11. The molecule has 0 fully saturated rings. The van der Waals surface area contributed by atoms with Crippen molar-refractivity contribution in [3.05, 3.63) is 53.6 Å².